The maximum Gasteiger partial charge on any atom is 0.246 e. The zero-order valence-electron chi connectivity index (χ0n) is 10.6. The fraction of sp³-hybridized carbons (Fsp3) is 0.500. The minimum absolute atomic E-state index is 0.128. The summed E-state index contributed by atoms with van der Waals surface area (Å²) >= 11 is 0. The summed E-state index contributed by atoms with van der Waals surface area (Å²) in [4.78, 5) is -0.631. The Bertz CT molecular complexity index is 566. The number of sulfonamides is 1. The van der Waals surface area contributed by atoms with Gasteiger partial charge in [0.15, 0.2) is 0 Å². The van der Waals surface area contributed by atoms with Crippen LogP contribution in [-0.4, -0.2) is 38.0 Å². The first kappa shape index (κ1) is 14.4. The number of ether oxygens (including phenoxy) is 1. The lowest BCUT2D eigenvalue weighted by atomic mass is 10.3. The Morgan fingerprint density at radius 1 is 1.21 bits per heavy atom. The van der Waals surface area contributed by atoms with Gasteiger partial charge in [0.25, 0.3) is 0 Å². The zero-order valence-corrected chi connectivity index (χ0v) is 11.5. The van der Waals surface area contributed by atoms with Gasteiger partial charge in [0.1, 0.15) is 16.5 Å². The summed E-state index contributed by atoms with van der Waals surface area (Å²) in [5.41, 5.74) is 0. The van der Waals surface area contributed by atoms with Crippen LogP contribution in [0.4, 0.5) is 8.78 Å². The lowest BCUT2D eigenvalue weighted by molar-refractivity contribution is -0.0441. The van der Waals surface area contributed by atoms with Crippen LogP contribution in [0.25, 0.3) is 0 Å². The van der Waals surface area contributed by atoms with Gasteiger partial charge >= 0.3 is 0 Å². The summed E-state index contributed by atoms with van der Waals surface area (Å²) in [5.74, 6) is -1.73. The van der Waals surface area contributed by atoms with E-state index in [4.69, 9.17) is 4.74 Å². The van der Waals surface area contributed by atoms with Gasteiger partial charge in [0, 0.05) is 13.1 Å². The molecular weight excluding hydrogens is 276 g/mol. The van der Waals surface area contributed by atoms with E-state index in [0.29, 0.717) is 6.07 Å². The Labute approximate surface area is 111 Å². The first-order valence-electron chi connectivity index (χ1n) is 5.91. The van der Waals surface area contributed by atoms with Crippen molar-refractivity contribution in [2.24, 2.45) is 0 Å². The minimum Gasteiger partial charge on any atom is -0.373 e. The van der Waals surface area contributed by atoms with Gasteiger partial charge in [-0.1, -0.05) is 0 Å². The normalized spacial score (nSPS) is 25.5. The number of hydrogen-bond acceptors (Lipinski definition) is 3. The van der Waals surface area contributed by atoms with E-state index >= 15 is 0 Å². The molecule has 1 aliphatic rings. The van der Waals surface area contributed by atoms with Gasteiger partial charge in [-0.05, 0) is 32.0 Å². The molecule has 0 spiro atoms. The zero-order chi connectivity index (χ0) is 14.2. The quantitative estimate of drug-likeness (QED) is 0.834. The van der Waals surface area contributed by atoms with Crippen LogP contribution in [0.3, 0.4) is 0 Å². The molecule has 1 saturated heterocycles. The molecule has 0 aromatic heterocycles. The van der Waals surface area contributed by atoms with Gasteiger partial charge in [-0.25, -0.2) is 17.2 Å². The highest BCUT2D eigenvalue weighted by Gasteiger charge is 2.34. The highest BCUT2D eigenvalue weighted by Crippen LogP contribution is 2.23. The highest BCUT2D eigenvalue weighted by molar-refractivity contribution is 7.89. The van der Waals surface area contributed by atoms with Crippen LogP contribution in [0.15, 0.2) is 23.1 Å². The second-order valence-electron chi connectivity index (χ2n) is 4.65. The summed E-state index contributed by atoms with van der Waals surface area (Å²) in [5, 5.41) is 0. The molecule has 0 bridgehead atoms. The molecule has 1 aromatic rings. The first-order chi connectivity index (χ1) is 8.80. The molecule has 4 nitrogen and oxygen atoms in total. The van der Waals surface area contributed by atoms with Crippen LogP contribution in [0.2, 0.25) is 0 Å². The fourth-order valence-corrected chi connectivity index (χ4v) is 3.81. The molecule has 1 fully saturated rings. The summed E-state index contributed by atoms with van der Waals surface area (Å²) in [6.07, 6.45) is -0.565. The summed E-state index contributed by atoms with van der Waals surface area (Å²) in [7, 11) is -4.04. The van der Waals surface area contributed by atoms with E-state index in [-0.39, 0.29) is 25.3 Å². The number of hydrogen-bond donors (Lipinski definition) is 0. The molecule has 1 aromatic carbocycles. The molecule has 0 saturated carbocycles. The molecule has 1 aliphatic heterocycles. The van der Waals surface area contributed by atoms with E-state index in [1.807, 2.05) is 0 Å². The maximum atomic E-state index is 13.6. The molecular formula is C12H15F2NO3S. The molecule has 0 aliphatic carbocycles. The van der Waals surface area contributed by atoms with E-state index < -0.39 is 26.6 Å². The van der Waals surface area contributed by atoms with E-state index in [1.165, 1.54) is 0 Å². The number of rotatable bonds is 2. The van der Waals surface area contributed by atoms with Crippen molar-refractivity contribution in [2.75, 3.05) is 13.1 Å². The van der Waals surface area contributed by atoms with Gasteiger partial charge in [0.05, 0.1) is 12.2 Å². The van der Waals surface area contributed by atoms with Crippen LogP contribution in [0.5, 0.6) is 0 Å². The number of halogens is 2. The average Bonchev–Trinajstić information content (AvgIpc) is 2.31. The molecule has 19 heavy (non-hydrogen) atoms. The Kier molecular flexibility index (Phi) is 3.89. The molecule has 2 rings (SSSR count). The van der Waals surface area contributed by atoms with Crippen molar-refractivity contribution in [1.82, 2.24) is 4.31 Å². The summed E-state index contributed by atoms with van der Waals surface area (Å²) in [6, 6.07) is 2.41. The summed E-state index contributed by atoms with van der Waals surface area (Å²) < 4.78 is 57.9. The van der Waals surface area contributed by atoms with Crippen molar-refractivity contribution in [3.05, 3.63) is 29.8 Å². The van der Waals surface area contributed by atoms with Gasteiger partial charge in [-0.3, -0.25) is 0 Å². The Hall–Kier alpha value is -1.05. The van der Waals surface area contributed by atoms with Gasteiger partial charge in [-0.2, -0.15) is 4.31 Å². The van der Waals surface area contributed by atoms with Crippen molar-refractivity contribution >= 4 is 10.0 Å². The predicted octanol–water partition coefficient (Wildman–Crippen LogP) is 1.76. The highest BCUT2D eigenvalue weighted by atomic mass is 32.2. The standard InChI is InChI=1S/C12H15F2NO3S/c1-8-6-15(7-9(2)18-8)19(16,17)12-5-10(13)3-4-11(12)14/h3-5,8-9H,6-7H2,1-2H3/t8-,9-/m0/s1. The monoisotopic (exact) mass is 291 g/mol. The van der Waals surface area contributed by atoms with Crippen molar-refractivity contribution in [3.63, 3.8) is 0 Å². The van der Waals surface area contributed by atoms with Crippen LogP contribution < -0.4 is 0 Å². The Morgan fingerprint density at radius 3 is 2.37 bits per heavy atom. The second kappa shape index (κ2) is 5.15. The van der Waals surface area contributed by atoms with Crippen molar-refractivity contribution in [1.29, 1.82) is 0 Å². The van der Waals surface area contributed by atoms with Crippen LogP contribution in [-0.2, 0) is 14.8 Å². The number of morpholine rings is 1. The van der Waals surface area contributed by atoms with Crippen molar-refractivity contribution in [2.45, 2.75) is 31.0 Å². The summed E-state index contributed by atoms with van der Waals surface area (Å²) in [6.45, 7) is 3.73. The molecule has 1 heterocycles. The third-order valence-electron chi connectivity index (χ3n) is 2.90. The van der Waals surface area contributed by atoms with Crippen LogP contribution >= 0.6 is 0 Å². The van der Waals surface area contributed by atoms with E-state index in [9.17, 15) is 17.2 Å². The van der Waals surface area contributed by atoms with E-state index in [0.717, 1.165) is 16.4 Å². The second-order valence-corrected chi connectivity index (χ2v) is 6.56. The van der Waals surface area contributed by atoms with Crippen molar-refractivity contribution < 1.29 is 21.9 Å². The Morgan fingerprint density at radius 2 is 1.79 bits per heavy atom. The molecule has 0 N–H and O–H groups in total. The average molecular weight is 291 g/mol. The largest absolute Gasteiger partial charge is 0.373 e. The minimum atomic E-state index is -4.04. The lowest BCUT2D eigenvalue weighted by Gasteiger charge is -2.34. The van der Waals surface area contributed by atoms with Gasteiger partial charge in [0.2, 0.25) is 10.0 Å². The maximum absolute atomic E-state index is 13.6. The number of nitrogens with zero attached hydrogens (tertiary/aromatic N) is 1. The topological polar surface area (TPSA) is 46.6 Å². The molecule has 106 valence electrons. The molecule has 0 radical (unpaired) electrons. The number of benzene rings is 1. The van der Waals surface area contributed by atoms with E-state index in [1.54, 1.807) is 13.8 Å². The van der Waals surface area contributed by atoms with Gasteiger partial charge in [-0.15, -0.1) is 0 Å². The third-order valence-corrected chi connectivity index (χ3v) is 4.74. The molecule has 0 amide bonds. The van der Waals surface area contributed by atoms with Crippen LogP contribution in [0, 0.1) is 11.6 Å². The SMILES string of the molecule is C[C@H]1CN(S(=O)(=O)c2cc(F)ccc2F)C[C@H](C)O1. The van der Waals surface area contributed by atoms with Crippen LogP contribution in [0.1, 0.15) is 13.8 Å². The Balaban J connectivity index is 2.39. The molecule has 2 atom stereocenters. The molecule has 0 unspecified atom stereocenters. The lowest BCUT2D eigenvalue weighted by Crippen LogP contribution is -2.48. The molecule has 7 heteroatoms. The van der Waals surface area contributed by atoms with E-state index in [2.05, 4.69) is 0 Å². The smallest absolute Gasteiger partial charge is 0.246 e. The van der Waals surface area contributed by atoms with Crippen molar-refractivity contribution in [3.8, 4) is 0 Å². The van der Waals surface area contributed by atoms with Gasteiger partial charge < -0.3 is 4.74 Å². The fourth-order valence-electron chi connectivity index (χ4n) is 2.14. The first-order valence-corrected chi connectivity index (χ1v) is 7.35. The third kappa shape index (κ3) is 2.93. The predicted molar refractivity (Wildman–Crippen MR) is 65.1 cm³/mol.